The number of aliphatic hydroxyl groups is 2. The molecule has 0 aromatic carbocycles. The Morgan fingerprint density at radius 2 is 0.887 bits per heavy atom. The van der Waals surface area contributed by atoms with Crippen molar-refractivity contribution in [3.63, 3.8) is 0 Å². The van der Waals surface area contributed by atoms with Crippen LogP contribution in [0.5, 0.6) is 0 Å². The number of hydrogen-bond donors (Lipinski definition) is 3. The van der Waals surface area contributed by atoms with E-state index < -0.39 is 18.2 Å². The van der Waals surface area contributed by atoms with Gasteiger partial charge in [0.2, 0.25) is 5.91 Å². The van der Waals surface area contributed by atoms with Gasteiger partial charge in [0.25, 0.3) is 0 Å². The molecule has 0 spiro atoms. The topological polar surface area (TPSA) is 95.9 Å². The summed E-state index contributed by atoms with van der Waals surface area (Å²) in [7, 11) is 0. The molecular formula is C56H91NO5. The van der Waals surface area contributed by atoms with Crippen LogP contribution >= 0.6 is 0 Å². The van der Waals surface area contributed by atoms with Crippen molar-refractivity contribution in [2.24, 2.45) is 0 Å². The van der Waals surface area contributed by atoms with Gasteiger partial charge in [-0.1, -0.05) is 239 Å². The number of aliphatic hydroxyl groups excluding tert-OH is 2. The van der Waals surface area contributed by atoms with Crippen LogP contribution < -0.4 is 5.32 Å². The lowest BCUT2D eigenvalue weighted by molar-refractivity contribution is -0.151. The number of amides is 1. The minimum Gasteiger partial charge on any atom is -0.462 e. The lowest BCUT2D eigenvalue weighted by Gasteiger charge is -2.24. The molecule has 6 nitrogen and oxygen atoms in total. The molecule has 350 valence electrons. The van der Waals surface area contributed by atoms with E-state index in [1.54, 1.807) is 0 Å². The summed E-state index contributed by atoms with van der Waals surface area (Å²) in [6, 6.07) is -0.738. The number of ether oxygens (including phenoxy) is 1. The fraction of sp³-hybridized carbons (Fsp3) is 0.607. The van der Waals surface area contributed by atoms with Crippen molar-refractivity contribution in [1.29, 1.82) is 0 Å². The van der Waals surface area contributed by atoms with Gasteiger partial charge in [-0.3, -0.25) is 9.59 Å². The van der Waals surface area contributed by atoms with Gasteiger partial charge in [0.1, 0.15) is 6.10 Å². The zero-order valence-electron chi connectivity index (χ0n) is 39.7. The first-order valence-corrected chi connectivity index (χ1v) is 24.9. The van der Waals surface area contributed by atoms with Crippen LogP contribution in [0.1, 0.15) is 194 Å². The fourth-order valence-corrected chi connectivity index (χ4v) is 6.77. The number of rotatable bonds is 42. The minimum absolute atomic E-state index is 0.00833. The number of esters is 1. The van der Waals surface area contributed by atoms with Gasteiger partial charge in [-0.2, -0.15) is 0 Å². The summed E-state index contributed by atoms with van der Waals surface area (Å²) in [5.41, 5.74) is 0. The van der Waals surface area contributed by atoms with Crippen LogP contribution in [-0.4, -0.2) is 46.9 Å². The highest BCUT2D eigenvalue weighted by atomic mass is 16.5. The van der Waals surface area contributed by atoms with Crippen LogP contribution in [0.3, 0.4) is 0 Å². The molecule has 0 radical (unpaired) electrons. The van der Waals surface area contributed by atoms with Crippen molar-refractivity contribution >= 4 is 11.9 Å². The Labute approximate surface area is 380 Å². The largest absolute Gasteiger partial charge is 0.462 e. The maximum absolute atomic E-state index is 13.2. The molecule has 3 N–H and O–H groups in total. The Kier molecular flexibility index (Phi) is 45.4. The summed E-state index contributed by atoms with van der Waals surface area (Å²) in [6.45, 7) is 6.24. The molecule has 3 unspecified atom stereocenters. The van der Waals surface area contributed by atoms with E-state index in [0.717, 1.165) is 83.5 Å². The van der Waals surface area contributed by atoms with E-state index >= 15 is 0 Å². The first kappa shape index (κ1) is 58.3. The first-order chi connectivity index (χ1) is 30.5. The summed E-state index contributed by atoms with van der Waals surface area (Å²) in [6.07, 6.45) is 66.8. The van der Waals surface area contributed by atoms with Gasteiger partial charge in [-0.05, 0) is 64.2 Å². The van der Waals surface area contributed by atoms with Crippen LogP contribution in [0.4, 0.5) is 0 Å². The van der Waals surface area contributed by atoms with Crippen molar-refractivity contribution in [3.8, 4) is 0 Å². The van der Waals surface area contributed by atoms with Crippen LogP contribution in [0, 0.1) is 0 Å². The highest BCUT2D eigenvalue weighted by Gasteiger charge is 2.24. The maximum Gasteiger partial charge on any atom is 0.306 e. The zero-order valence-corrected chi connectivity index (χ0v) is 39.7. The third kappa shape index (κ3) is 42.9. The minimum atomic E-state index is -0.819. The molecule has 0 fully saturated rings. The molecule has 0 saturated heterocycles. The molecule has 0 saturated carbocycles. The van der Waals surface area contributed by atoms with E-state index in [1.165, 1.54) is 64.2 Å². The molecule has 0 aliphatic heterocycles. The average Bonchev–Trinajstić information content (AvgIpc) is 3.26. The normalized spacial score (nSPS) is 14.3. The molecule has 0 aromatic heterocycles. The molecule has 62 heavy (non-hydrogen) atoms. The second-order valence-electron chi connectivity index (χ2n) is 16.4. The first-order valence-electron chi connectivity index (χ1n) is 24.9. The number of allylic oxidation sites excluding steroid dienone is 20. The van der Waals surface area contributed by atoms with E-state index in [-0.39, 0.29) is 24.9 Å². The molecule has 0 aliphatic rings. The maximum atomic E-state index is 13.2. The van der Waals surface area contributed by atoms with Crippen LogP contribution in [0.2, 0.25) is 0 Å². The van der Waals surface area contributed by atoms with Gasteiger partial charge in [0.05, 0.1) is 25.2 Å². The Morgan fingerprint density at radius 3 is 1.39 bits per heavy atom. The fourth-order valence-electron chi connectivity index (χ4n) is 6.77. The Morgan fingerprint density at radius 1 is 0.484 bits per heavy atom. The predicted molar refractivity (Wildman–Crippen MR) is 268 cm³/mol. The van der Waals surface area contributed by atoms with E-state index in [0.29, 0.717) is 19.3 Å². The quantitative estimate of drug-likeness (QED) is 0.0323. The van der Waals surface area contributed by atoms with Crippen LogP contribution in [0.15, 0.2) is 122 Å². The van der Waals surface area contributed by atoms with E-state index in [2.05, 4.69) is 86.8 Å². The van der Waals surface area contributed by atoms with Crippen molar-refractivity contribution in [2.45, 2.75) is 212 Å². The molecule has 0 bridgehead atoms. The number of hydrogen-bond acceptors (Lipinski definition) is 5. The SMILES string of the molecule is CC\C=C/C=C/C=C/C=C\C=C\C=C\CCCC(CC(=O)NC(CO)C(O)CCCCCCCCCCCC)OC(=O)CCCCCCC/C=C/C=C/C=C/C=C/CCCCC. The summed E-state index contributed by atoms with van der Waals surface area (Å²) in [5.74, 6) is -0.590. The summed E-state index contributed by atoms with van der Waals surface area (Å²) < 4.78 is 5.88. The molecule has 0 aromatic rings. The van der Waals surface area contributed by atoms with Gasteiger partial charge >= 0.3 is 5.97 Å². The molecule has 0 heterocycles. The molecule has 0 rings (SSSR count). The van der Waals surface area contributed by atoms with E-state index in [4.69, 9.17) is 4.74 Å². The van der Waals surface area contributed by atoms with Gasteiger partial charge in [-0.25, -0.2) is 0 Å². The van der Waals surface area contributed by atoms with Crippen molar-refractivity contribution in [3.05, 3.63) is 122 Å². The van der Waals surface area contributed by atoms with E-state index in [9.17, 15) is 19.8 Å². The molecular weight excluding hydrogens is 767 g/mol. The molecule has 6 heteroatoms. The number of unbranched alkanes of at least 4 members (excludes halogenated alkanes) is 18. The average molecular weight is 858 g/mol. The zero-order chi connectivity index (χ0) is 45.2. The third-order valence-electron chi connectivity index (χ3n) is 10.5. The highest BCUT2D eigenvalue weighted by molar-refractivity contribution is 5.77. The van der Waals surface area contributed by atoms with Gasteiger partial charge in [-0.15, -0.1) is 0 Å². The monoisotopic (exact) mass is 858 g/mol. The lowest BCUT2D eigenvalue weighted by Crippen LogP contribution is -2.46. The van der Waals surface area contributed by atoms with Gasteiger partial charge in [0, 0.05) is 6.42 Å². The van der Waals surface area contributed by atoms with E-state index in [1.807, 2.05) is 60.8 Å². The standard InChI is InChI=1S/C56H91NO5/c1-4-7-10-13-16-19-22-24-26-27-28-30-32-34-37-40-43-46-49-56(61)62-52(47-44-41-38-35-33-31-29-25-23-20-17-14-11-8-5-2)50-55(60)57-53(51-58)54(59)48-45-42-39-36-21-18-15-12-9-6-3/h8,11,14,16-17,19-20,22-31,33,35,38,52-54,58-59H,4-7,9-10,12-13,15,18,21,32,34,36-37,39-51H2,1-3H3,(H,57,60)/b11-8-,17-14+,19-16+,23-20+,24-22+,27-26+,29-25-,30-28+,33-31+,38-35+. The highest BCUT2D eigenvalue weighted by Crippen LogP contribution is 2.16. The summed E-state index contributed by atoms with van der Waals surface area (Å²) in [4.78, 5) is 26.1. The Bertz CT molecular complexity index is 1330. The Hall–Kier alpha value is -3.74. The smallest absolute Gasteiger partial charge is 0.306 e. The van der Waals surface area contributed by atoms with Crippen molar-refractivity contribution < 1.29 is 24.5 Å². The van der Waals surface area contributed by atoms with Crippen molar-refractivity contribution in [1.82, 2.24) is 5.32 Å². The second-order valence-corrected chi connectivity index (χ2v) is 16.4. The number of carbonyl (C=O) groups is 2. The van der Waals surface area contributed by atoms with Gasteiger partial charge < -0.3 is 20.3 Å². The number of carbonyl (C=O) groups excluding carboxylic acids is 2. The molecule has 0 aliphatic carbocycles. The predicted octanol–water partition coefficient (Wildman–Crippen LogP) is 14.9. The molecule has 3 atom stereocenters. The Balaban J connectivity index is 4.81. The third-order valence-corrected chi connectivity index (χ3v) is 10.5. The van der Waals surface area contributed by atoms with Crippen LogP contribution in [-0.2, 0) is 14.3 Å². The molecule has 1 amide bonds. The number of nitrogens with one attached hydrogen (secondary N) is 1. The summed E-state index contributed by atoms with van der Waals surface area (Å²) in [5, 5.41) is 23.7. The van der Waals surface area contributed by atoms with Gasteiger partial charge in [0.15, 0.2) is 0 Å². The van der Waals surface area contributed by atoms with Crippen molar-refractivity contribution in [2.75, 3.05) is 6.61 Å². The second kappa shape index (κ2) is 48.3. The lowest BCUT2D eigenvalue weighted by atomic mass is 10.0. The van der Waals surface area contributed by atoms with Crippen LogP contribution in [0.25, 0.3) is 0 Å². The summed E-state index contributed by atoms with van der Waals surface area (Å²) >= 11 is 0.